The Labute approximate surface area is 105 Å². The third kappa shape index (κ3) is 5.21. The first kappa shape index (κ1) is 14.0. The standard InChI is InChI=1S/C11H18N2O3S/c1-7(2)4-10-12-9(13-16-10)6-17-5-8(3)11(14)15/h7-8H,4-6H2,1-3H3,(H,14,15). The SMILES string of the molecule is CC(C)Cc1nc(CSCC(C)C(=O)O)no1. The Balaban J connectivity index is 2.32. The zero-order chi connectivity index (χ0) is 12.8. The summed E-state index contributed by atoms with van der Waals surface area (Å²) in [6.07, 6.45) is 0.781. The summed E-state index contributed by atoms with van der Waals surface area (Å²) in [4.78, 5) is 14.9. The minimum Gasteiger partial charge on any atom is -0.481 e. The van der Waals surface area contributed by atoms with E-state index in [-0.39, 0.29) is 5.92 Å². The molecule has 1 aromatic rings. The van der Waals surface area contributed by atoms with Gasteiger partial charge < -0.3 is 9.63 Å². The van der Waals surface area contributed by atoms with Gasteiger partial charge >= 0.3 is 5.97 Å². The topological polar surface area (TPSA) is 76.2 Å². The average molecular weight is 258 g/mol. The maximum absolute atomic E-state index is 10.6. The van der Waals surface area contributed by atoms with E-state index in [1.165, 1.54) is 11.8 Å². The van der Waals surface area contributed by atoms with Crippen molar-refractivity contribution < 1.29 is 14.4 Å². The second kappa shape index (κ2) is 6.64. The van der Waals surface area contributed by atoms with E-state index in [2.05, 4.69) is 24.0 Å². The molecule has 0 bridgehead atoms. The molecule has 0 amide bonds. The number of thioether (sulfide) groups is 1. The van der Waals surface area contributed by atoms with Crippen LogP contribution in [0.4, 0.5) is 0 Å². The van der Waals surface area contributed by atoms with Crippen LogP contribution in [0.5, 0.6) is 0 Å². The number of carboxylic acids is 1. The van der Waals surface area contributed by atoms with Crippen molar-refractivity contribution in [1.29, 1.82) is 0 Å². The van der Waals surface area contributed by atoms with Crippen molar-refractivity contribution in [3.63, 3.8) is 0 Å². The molecule has 1 atom stereocenters. The maximum atomic E-state index is 10.6. The molecule has 1 N–H and O–H groups in total. The first-order valence-electron chi connectivity index (χ1n) is 5.61. The fourth-order valence-corrected chi connectivity index (χ4v) is 2.09. The van der Waals surface area contributed by atoms with Gasteiger partial charge in [-0.1, -0.05) is 25.9 Å². The van der Waals surface area contributed by atoms with Crippen LogP contribution < -0.4 is 0 Å². The summed E-state index contributed by atoms with van der Waals surface area (Å²) in [6.45, 7) is 5.87. The van der Waals surface area contributed by atoms with E-state index in [0.29, 0.717) is 29.1 Å². The van der Waals surface area contributed by atoms with Crippen LogP contribution in [0.3, 0.4) is 0 Å². The molecule has 96 valence electrons. The summed E-state index contributed by atoms with van der Waals surface area (Å²) in [7, 11) is 0. The summed E-state index contributed by atoms with van der Waals surface area (Å²) in [5.74, 6) is 1.82. The number of rotatable bonds is 7. The molecule has 0 radical (unpaired) electrons. The van der Waals surface area contributed by atoms with Gasteiger partial charge in [0.1, 0.15) is 0 Å². The molecule has 1 aromatic heterocycles. The minimum atomic E-state index is -0.772. The van der Waals surface area contributed by atoms with E-state index < -0.39 is 5.97 Å². The predicted octanol–water partition coefficient (Wildman–Crippen LogP) is 2.22. The van der Waals surface area contributed by atoms with Gasteiger partial charge in [0.2, 0.25) is 5.89 Å². The Morgan fingerprint density at radius 3 is 2.76 bits per heavy atom. The van der Waals surface area contributed by atoms with Crippen LogP contribution in [0.15, 0.2) is 4.52 Å². The molecule has 17 heavy (non-hydrogen) atoms. The van der Waals surface area contributed by atoms with Gasteiger partial charge in [-0.25, -0.2) is 0 Å². The van der Waals surface area contributed by atoms with Crippen LogP contribution >= 0.6 is 11.8 Å². The van der Waals surface area contributed by atoms with E-state index in [4.69, 9.17) is 9.63 Å². The second-order valence-electron chi connectivity index (χ2n) is 4.46. The monoisotopic (exact) mass is 258 g/mol. The van der Waals surface area contributed by atoms with Crippen LogP contribution in [0, 0.1) is 11.8 Å². The van der Waals surface area contributed by atoms with E-state index in [1.807, 2.05) is 0 Å². The highest BCUT2D eigenvalue weighted by Gasteiger charge is 2.12. The number of carboxylic acid groups (broad SMARTS) is 1. The lowest BCUT2D eigenvalue weighted by Gasteiger charge is -2.03. The van der Waals surface area contributed by atoms with Crippen LogP contribution in [0.2, 0.25) is 0 Å². The number of aromatic nitrogens is 2. The number of hydrogen-bond acceptors (Lipinski definition) is 5. The highest BCUT2D eigenvalue weighted by Crippen LogP contribution is 2.14. The van der Waals surface area contributed by atoms with Crippen molar-refractivity contribution in [1.82, 2.24) is 10.1 Å². The van der Waals surface area contributed by atoms with Gasteiger partial charge in [0, 0.05) is 12.2 Å². The Morgan fingerprint density at radius 2 is 2.18 bits per heavy atom. The largest absolute Gasteiger partial charge is 0.481 e. The lowest BCUT2D eigenvalue weighted by molar-refractivity contribution is -0.140. The molecule has 0 aromatic carbocycles. The summed E-state index contributed by atoms with van der Waals surface area (Å²) in [6, 6.07) is 0. The highest BCUT2D eigenvalue weighted by molar-refractivity contribution is 7.98. The summed E-state index contributed by atoms with van der Waals surface area (Å²) in [5.41, 5.74) is 0. The van der Waals surface area contributed by atoms with Crippen LogP contribution in [0.25, 0.3) is 0 Å². The van der Waals surface area contributed by atoms with Crippen LogP contribution in [-0.4, -0.2) is 27.0 Å². The van der Waals surface area contributed by atoms with Crippen molar-refractivity contribution in [3.05, 3.63) is 11.7 Å². The van der Waals surface area contributed by atoms with E-state index in [0.717, 1.165) is 6.42 Å². The summed E-state index contributed by atoms with van der Waals surface area (Å²) in [5, 5.41) is 12.6. The van der Waals surface area contributed by atoms with E-state index >= 15 is 0 Å². The molecule has 0 aliphatic carbocycles. The van der Waals surface area contributed by atoms with Crippen molar-refractivity contribution in [2.45, 2.75) is 32.9 Å². The van der Waals surface area contributed by atoms with Gasteiger partial charge in [0.25, 0.3) is 0 Å². The maximum Gasteiger partial charge on any atom is 0.307 e. The molecule has 1 unspecified atom stereocenters. The quantitative estimate of drug-likeness (QED) is 0.808. The van der Waals surface area contributed by atoms with Crippen molar-refractivity contribution in [3.8, 4) is 0 Å². The van der Waals surface area contributed by atoms with Gasteiger partial charge in [-0.2, -0.15) is 16.7 Å². The number of nitrogens with zero attached hydrogens (tertiary/aromatic N) is 2. The molecule has 0 aliphatic rings. The Kier molecular flexibility index (Phi) is 5.47. The van der Waals surface area contributed by atoms with Gasteiger partial charge in [-0.3, -0.25) is 4.79 Å². The predicted molar refractivity (Wildman–Crippen MR) is 65.8 cm³/mol. The molecule has 0 spiro atoms. The second-order valence-corrected chi connectivity index (χ2v) is 5.49. The lowest BCUT2D eigenvalue weighted by Crippen LogP contribution is -2.11. The van der Waals surface area contributed by atoms with Gasteiger partial charge in [-0.15, -0.1) is 0 Å². The van der Waals surface area contributed by atoms with Crippen molar-refractivity contribution in [2.24, 2.45) is 11.8 Å². The number of hydrogen-bond donors (Lipinski definition) is 1. The normalized spacial score (nSPS) is 12.9. The molecule has 0 saturated heterocycles. The Hall–Kier alpha value is -1.04. The lowest BCUT2D eigenvalue weighted by atomic mass is 10.1. The zero-order valence-corrected chi connectivity index (χ0v) is 11.2. The Bertz CT molecular complexity index is 365. The molecule has 5 nitrogen and oxygen atoms in total. The molecular weight excluding hydrogens is 240 g/mol. The summed E-state index contributed by atoms with van der Waals surface area (Å²) >= 11 is 1.51. The first-order valence-corrected chi connectivity index (χ1v) is 6.76. The zero-order valence-electron chi connectivity index (χ0n) is 10.3. The van der Waals surface area contributed by atoms with Gasteiger partial charge in [-0.05, 0) is 5.92 Å². The van der Waals surface area contributed by atoms with Gasteiger partial charge in [0.05, 0.1) is 11.7 Å². The summed E-state index contributed by atoms with van der Waals surface area (Å²) < 4.78 is 5.09. The first-order chi connectivity index (χ1) is 7.99. The average Bonchev–Trinajstić information content (AvgIpc) is 2.64. The van der Waals surface area contributed by atoms with Gasteiger partial charge in [0.15, 0.2) is 5.82 Å². The fourth-order valence-electron chi connectivity index (χ4n) is 1.18. The van der Waals surface area contributed by atoms with Crippen molar-refractivity contribution in [2.75, 3.05) is 5.75 Å². The molecule has 0 fully saturated rings. The van der Waals surface area contributed by atoms with Crippen molar-refractivity contribution >= 4 is 17.7 Å². The van der Waals surface area contributed by atoms with Crippen LogP contribution in [-0.2, 0) is 17.0 Å². The fraction of sp³-hybridized carbons (Fsp3) is 0.727. The third-order valence-corrected chi connectivity index (χ3v) is 3.31. The van der Waals surface area contributed by atoms with E-state index in [9.17, 15) is 4.79 Å². The number of carbonyl (C=O) groups is 1. The Morgan fingerprint density at radius 1 is 1.47 bits per heavy atom. The molecule has 0 aliphatic heterocycles. The third-order valence-electron chi connectivity index (χ3n) is 2.11. The number of aliphatic carboxylic acids is 1. The molecule has 1 heterocycles. The smallest absolute Gasteiger partial charge is 0.307 e. The highest BCUT2D eigenvalue weighted by atomic mass is 32.2. The molecule has 0 saturated carbocycles. The molecular formula is C11H18N2O3S. The van der Waals surface area contributed by atoms with Crippen LogP contribution in [0.1, 0.15) is 32.5 Å². The molecule has 1 rings (SSSR count). The minimum absolute atomic E-state index is 0.345. The molecule has 6 heteroatoms. The van der Waals surface area contributed by atoms with E-state index in [1.54, 1.807) is 6.92 Å².